The fourth-order valence-corrected chi connectivity index (χ4v) is 20.8. The van der Waals surface area contributed by atoms with Gasteiger partial charge in [-0.25, -0.2) is 0 Å². The van der Waals surface area contributed by atoms with E-state index in [1.165, 1.54) is 6.92 Å². The molecule has 100 heavy (non-hydrogen) atoms. The third-order valence-corrected chi connectivity index (χ3v) is 26.3. The van der Waals surface area contributed by atoms with Gasteiger partial charge in [0.15, 0.2) is 0 Å². The number of carbonyl (C=O) groups is 13. The van der Waals surface area contributed by atoms with E-state index >= 15 is 0 Å². The van der Waals surface area contributed by atoms with Gasteiger partial charge in [-0.3, -0.25) is 62.3 Å². The quantitative estimate of drug-likeness (QED) is 0.0662. The number of hydrogen-bond acceptors (Lipinski definition) is 13. The van der Waals surface area contributed by atoms with Gasteiger partial charge in [-0.1, -0.05) is 77.0 Å². The summed E-state index contributed by atoms with van der Waals surface area (Å²) in [7, 11) is 0. The van der Waals surface area contributed by atoms with Gasteiger partial charge >= 0.3 is 0 Å². The lowest BCUT2D eigenvalue weighted by Crippen LogP contribution is -2.54. The molecule has 12 fully saturated rings. The van der Waals surface area contributed by atoms with Crippen molar-refractivity contribution in [2.75, 3.05) is 0 Å². The van der Waals surface area contributed by atoms with Crippen molar-refractivity contribution >= 4 is 76.8 Å². The molecule has 0 aromatic rings. The van der Waals surface area contributed by atoms with E-state index in [0.29, 0.717) is 148 Å². The lowest BCUT2D eigenvalue weighted by Gasteiger charge is -2.29. The summed E-state index contributed by atoms with van der Waals surface area (Å²) in [5, 5.41) is 37.9. The standard InChI is InChI=1S/C74H113N13O13/c1-38(88)76-52-27-3-15-40(52)64(90)78-54-29-5-17-42(54)66(92)80-56-31-7-19-44(56)68(94)82-58-33-9-21-46(58)70(96)84-60-35-11-23-48(60)72(98)86-62-37-13-25-50(62)74(100)87-61-36-12-24-49(61)73(99)85-59-34-10-22-47(59)71(97)83-57-32-8-20-45(57)69(95)81-55-30-6-18-43(55)67(93)79-53-28-4-16-41(53)65(91)77-51-26-2-14-39(51)63(75)89/h39-62H,2-37H2,1H3,(H2,75,89)(H,76,88)(H,77,91)(H,78,90)(H,79,93)(H,80,92)(H,81,95)(H,82,94)(H,83,97)(H,84,96)(H,85,99)(H,86,98)(H,87,100)/t39-,40-,41-,42-,43-,44-,45-,46-,47-,48-,49+,50-,51-,52-,53-,54-,55-,56-,57-,58-,59-,60-,61+,62-/m0/s1. The molecule has 14 N–H and O–H groups in total. The number of nitrogens with one attached hydrogen (secondary N) is 12. The maximum atomic E-state index is 14.2. The Labute approximate surface area is 587 Å². The maximum absolute atomic E-state index is 14.2. The summed E-state index contributed by atoms with van der Waals surface area (Å²) in [5.74, 6) is -7.98. The summed E-state index contributed by atoms with van der Waals surface area (Å²) in [6.45, 7) is 1.45. The molecule has 0 heterocycles. The number of carbonyl (C=O) groups excluding carboxylic acids is 13. The van der Waals surface area contributed by atoms with Crippen LogP contribution in [0.15, 0.2) is 0 Å². The largest absolute Gasteiger partial charge is 0.369 e. The second kappa shape index (κ2) is 33.0. The van der Waals surface area contributed by atoms with Crippen LogP contribution in [0.5, 0.6) is 0 Å². The van der Waals surface area contributed by atoms with Crippen molar-refractivity contribution in [1.29, 1.82) is 0 Å². The molecule has 12 saturated carbocycles. The van der Waals surface area contributed by atoms with Crippen LogP contribution in [0, 0.1) is 71.0 Å². The number of rotatable bonds is 24. The monoisotopic (exact) mass is 1390 g/mol. The smallest absolute Gasteiger partial charge is 0.225 e. The Kier molecular flexibility index (Phi) is 24.1. The van der Waals surface area contributed by atoms with Crippen LogP contribution in [-0.2, 0) is 62.3 Å². The molecule has 0 saturated heterocycles. The van der Waals surface area contributed by atoms with Crippen molar-refractivity contribution in [2.45, 2.75) is 311 Å². The maximum Gasteiger partial charge on any atom is 0.225 e. The Hall–Kier alpha value is -6.89. The lowest BCUT2D eigenvalue weighted by molar-refractivity contribution is -0.133. The van der Waals surface area contributed by atoms with Crippen molar-refractivity contribution < 1.29 is 62.3 Å². The molecular weight excluding hydrogens is 1280 g/mol. The van der Waals surface area contributed by atoms with E-state index in [1.807, 2.05) is 0 Å². The van der Waals surface area contributed by atoms with E-state index in [9.17, 15) is 62.3 Å². The molecular formula is C74H113N13O13. The molecule has 0 radical (unpaired) electrons. The molecule has 12 rings (SSSR count). The lowest BCUT2D eigenvalue weighted by atomic mass is 9.95. The Morgan fingerprint density at radius 3 is 0.410 bits per heavy atom. The van der Waals surface area contributed by atoms with E-state index in [2.05, 4.69) is 63.8 Å². The molecule has 13 amide bonds. The molecule has 0 unspecified atom stereocenters. The average Bonchev–Trinajstić information content (AvgIpc) is 1.69. The van der Waals surface area contributed by atoms with Gasteiger partial charge in [0.1, 0.15) is 0 Å². The topological polar surface area (TPSA) is 392 Å². The van der Waals surface area contributed by atoms with Crippen LogP contribution in [0.2, 0.25) is 0 Å². The predicted molar refractivity (Wildman–Crippen MR) is 366 cm³/mol. The van der Waals surface area contributed by atoms with Gasteiger partial charge in [0.25, 0.3) is 0 Å². The van der Waals surface area contributed by atoms with E-state index in [-0.39, 0.29) is 119 Å². The minimum absolute atomic E-state index is 0.131. The zero-order valence-electron chi connectivity index (χ0n) is 58.7. The van der Waals surface area contributed by atoms with Gasteiger partial charge in [-0.2, -0.15) is 0 Å². The Morgan fingerprint density at radius 2 is 0.290 bits per heavy atom. The van der Waals surface area contributed by atoms with Crippen molar-refractivity contribution in [1.82, 2.24) is 63.8 Å². The summed E-state index contributed by atoms with van der Waals surface area (Å²) in [6, 6.07) is -4.39. The first-order valence-corrected chi connectivity index (χ1v) is 39.2. The van der Waals surface area contributed by atoms with Crippen LogP contribution < -0.4 is 69.5 Å². The summed E-state index contributed by atoms with van der Waals surface area (Å²) in [4.78, 5) is 178. The molecule has 12 aliphatic carbocycles. The van der Waals surface area contributed by atoms with E-state index in [0.717, 1.165) is 83.5 Å². The van der Waals surface area contributed by atoms with E-state index in [1.54, 1.807) is 0 Å². The molecule has 0 aliphatic heterocycles. The molecule has 0 bridgehead atoms. The van der Waals surface area contributed by atoms with Crippen LogP contribution in [-0.4, -0.2) is 149 Å². The number of nitrogens with two attached hydrogens (primary N) is 1. The number of primary amides is 1. The van der Waals surface area contributed by atoms with Crippen LogP contribution in [0.4, 0.5) is 0 Å². The minimum atomic E-state index is -0.500. The van der Waals surface area contributed by atoms with Gasteiger partial charge in [0, 0.05) is 79.4 Å². The van der Waals surface area contributed by atoms with Gasteiger partial charge in [0.05, 0.1) is 71.0 Å². The second-order valence-electron chi connectivity index (χ2n) is 32.4. The van der Waals surface area contributed by atoms with Crippen LogP contribution in [0.1, 0.15) is 238 Å². The molecule has 0 spiro atoms. The highest BCUT2D eigenvalue weighted by Crippen LogP contribution is 2.39. The Morgan fingerprint density at radius 1 is 0.180 bits per heavy atom. The summed E-state index contributed by atoms with van der Waals surface area (Å²) < 4.78 is 0. The first kappa shape index (κ1) is 72.9. The molecule has 24 atom stereocenters. The predicted octanol–water partition coefficient (Wildman–Crippen LogP) is 2.91. The molecule has 0 aromatic carbocycles. The van der Waals surface area contributed by atoms with E-state index in [4.69, 9.17) is 5.73 Å². The fourth-order valence-electron chi connectivity index (χ4n) is 20.8. The third kappa shape index (κ3) is 16.9. The van der Waals surface area contributed by atoms with Crippen molar-refractivity contribution in [3.63, 3.8) is 0 Å². The Balaban J connectivity index is 0.566. The second-order valence-corrected chi connectivity index (χ2v) is 32.4. The Bertz CT molecular complexity index is 3080. The van der Waals surface area contributed by atoms with Gasteiger partial charge in [-0.05, 0) is 154 Å². The van der Waals surface area contributed by atoms with Crippen molar-refractivity contribution in [2.24, 2.45) is 76.7 Å². The first-order chi connectivity index (χ1) is 48.3. The molecule has 26 nitrogen and oxygen atoms in total. The van der Waals surface area contributed by atoms with Gasteiger partial charge < -0.3 is 69.5 Å². The van der Waals surface area contributed by atoms with E-state index < -0.39 is 101 Å². The average molecular weight is 1390 g/mol. The molecule has 12 aliphatic rings. The van der Waals surface area contributed by atoms with Crippen LogP contribution in [0.3, 0.4) is 0 Å². The fraction of sp³-hybridized carbons (Fsp3) is 0.824. The summed E-state index contributed by atoms with van der Waals surface area (Å²) in [5.41, 5.74) is 5.62. The van der Waals surface area contributed by atoms with Crippen LogP contribution in [0.25, 0.3) is 0 Å². The zero-order chi connectivity index (χ0) is 70.3. The SMILES string of the molecule is CC(=O)N[C@H]1CCC[C@@H]1C(=O)N[C@H]1CCC[C@@H]1C(=O)N[C@H]1CCC[C@@H]1C(=O)N[C@H]1CCC[C@@H]1C(=O)N[C@H]1CCC[C@@H]1C(=O)N[C@H]1CCC[C@@H]1C(=O)N[C@@H]1CCC[C@H]1C(=O)N[C@H]1CCC[C@@H]1C(=O)N[C@H]1CCC[C@@H]1C(=O)N[C@H]1CCC[C@@H]1C(=O)N[C@H]1CCC[C@@H]1C(=O)N[C@H]1CCC[C@@H]1C(N)=O. The third-order valence-electron chi connectivity index (χ3n) is 26.3. The molecule has 552 valence electrons. The van der Waals surface area contributed by atoms with Gasteiger partial charge in [-0.15, -0.1) is 0 Å². The molecule has 0 aromatic heterocycles. The normalized spacial score (nSPS) is 38.2. The first-order valence-electron chi connectivity index (χ1n) is 39.2. The van der Waals surface area contributed by atoms with Crippen LogP contribution >= 0.6 is 0 Å². The summed E-state index contributed by atoms with van der Waals surface area (Å²) in [6.07, 6.45) is 24.3. The highest BCUT2D eigenvalue weighted by atomic mass is 16.2. The summed E-state index contributed by atoms with van der Waals surface area (Å²) >= 11 is 0. The van der Waals surface area contributed by atoms with Crippen molar-refractivity contribution in [3.05, 3.63) is 0 Å². The number of hydrogen-bond donors (Lipinski definition) is 13. The highest BCUT2D eigenvalue weighted by molar-refractivity contribution is 5.90. The molecule has 26 heteroatoms. The minimum Gasteiger partial charge on any atom is -0.369 e. The number of amides is 13. The highest BCUT2D eigenvalue weighted by Gasteiger charge is 2.49. The zero-order valence-corrected chi connectivity index (χ0v) is 58.7. The van der Waals surface area contributed by atoms with Crippen molar-refractivity contribution in [3.8, 4) is 0 Å². The van der Waals surface area contributed by atoms with Gasteiger partial charge in [0.2, 0.25) is 76.8 Å².